The first-order chi connectivity index (χ1) is 8.92. The molecule has 0 spiro atoms. The van der Waals surface area contributed by atoms with Gasteiger partial charge in [0.2, 0.25) is 10.0 Å². The van der Waals surface area contributed by atoms with Crippen molar-refractivity contribution in [2.45, 2.75) is 18.4 Å². The van der Waals surface area contributed by atoms with Gasteiger partial charge in [-0.1, -0.05) is 0 Å². The second-order valence-corrected chi connectivity index (χ2v) is 5.44. The summed E-state index contributed by atoms with van der Waals surface area (Å²) in [6.07, 6.45) is 1.41. The Labute approximate surface area is 108 Å². The molecule has 2 rings (SSSR count). The van der Waals surface area contributed by atoms with E-state index in [1.54, 1.807) is 12.1 Å². The zero-order chi connectivity index (χ0) is 14.0. The van der Waals surface area contributed by atoms with Gasteiger partial charge in [-0.15, -0.1) is 0 Å². The summed E-state index contributed by atoms with van der Waals surface area (Å²) in [4.78, 5) is 10.6. The maximum absolute atomic E-state index is 12.1. The third-order valence-corrected chi connectivity index (χ3v) is 3.94. The Morgan fingerprint density at radius 2 is 2.32 bits per heavy atom. The number of rotatable bonds is 5. The van der Waals surface area contributed by atoms with E-state index in [-0.39, 0.29) is 17.1 Å². The van der Waals surface area contributed by atoms with Crippen molar-refractivity contribution >= 4 is 16.0 Å². The summed E-state index contributed by atoms with van der Waals surface area (Å²) in [5, 5.41) is 14.7. The zero-order valence-corrected chi connectivity index (χ0v) is 10.7. The molecule has 0 aliphatic rings. The SMILES string of the molecule is Cc1[nH]nc(C(=O)O)c1S(=O)(=O)NCc1ccco1. The molecule has 0 aromatic carbocycles. The van der Waals surface area contributed by atoms with Crippen LogP contribution in [0.1, 0.15) is 21.9 Å². The van der Waals surface area contributed by atoms with Gasteiger partial charge in [0, 0.05) is 0 Å². The van der Waals surface area contributed by atoms with Crippen molar-refractivity contribution < 1.29 is 22.7 Å². The number of aromatic nitrogens is 2. The number of furan rings is 1. The number of aromatic carboxylic acids is 1. The van der Waals surface area contributed by atoms with E-state index in [1.165, 1.54) is 13.2 Å². The number of aromatic amines is 1. The van der Waals surface area contributed by atoms with E-state index < -0.39 is 21.7 Å². The molecule has 2 aromatic rings. The van der Waals surface area contributed by atoms with Crippen molar-refractivity contribution in [3.05, 3.63) is 35.5 Å². The smallest absolute Gasteiger partial charge is 0.357 e. The maximum Gasteiger partial charge on any atom is 0.357 e. The van der Waals surface area contributed by atoms with Crippen molar-refractivity contribution in [1.29, 1.82) is 0 Å². The molecule has 0 fully saturated rings. The van der Waals surface area contributed by atoms with Crippen LogP contribution in [0.5, 0.6) is 0 Å². The quantitative estimate of drug-likeness (QED) is 0.734. The minimum absolute atomic E-state index is 0.0704. The van der Waals surface area contributed by atoms with E-state index in [2.05, 4.69) is 14.9 Å². The van der Waals surface area contributed by atoms with Crippen molar-refractivity contribution in [1.82, 2.24) is 14.9 Å². The van der Waals surface area contributed by atoms with Crippen LogP contribution in [0.3, 0.4) is 0 Å². The number of nitrogens with one attached hydrogen (secondary N) is 2. The highest BCUT2D eigenvalue weighted by Gasteiger charge is 2.28. The zero-order valence-electron chi connectivity index (χ0n) is 9.87. The van der Waals surface area contributed by atoms with Crippen molar-refractivity contribution in [2.75, 3.05) is 0 Å². The molecule has 0 saturated heterocycles. The van der Waals surface area contributed by atoms with Crippen LogP contribution in [0.25, 0.3) is 0 Å². The summed E-state index contributed by atoms with van der Waals surface area (Å²) in [6, 6.07) is 3.22. The van der Waals surface area contributed by atoms with Crippen LogP contribution in [0, 0.1) is 6.92 Å². The molecule has 0 radical (unpaired) electrons. The number of carbonyl (C=O) groups is 1. The molecule has 19 heavy (non-hydrogen) atoms. The van der Waals surface area contributed by atoms with E-state index in [4.69, 9.17) is 9.52 Å². The minimum Gasteiger partial charge on any atom is -0.476 e. The minimum atomic E-state index is -3.98. The highest BCUT2D eigenvalue weighted by atomic mass is 32.2. The predicted octanol–water partition coefficient (Wildman–Crippen LogP) is 0.488. The van der Waals surface area contributed by atoms with Crippen LogP contribution >= 0.6 is 0 Å². The molecule has 2 aromatic heterocycles. The first-order valence-electron chi connectivity index (χ1n) is 5.22. The first kappa shape index (κ1) is 13.3. The third kappa shape index (κ3) is 2.66. The summed E-state index contributed by atoms with van der Waals surface area (Å²) in [5.74, 6) is -0.996. The first-order valence-corrected chi connectivity index (χ1v) is 6.70. The molecule has 0 saturated carbocycles. The summed E-state index contributed by atoms with van der Waals surface area (Å²) >= 11 is 0. The number of carboxylic acids is 1. The van der Waals surface area contributed by atoms with Gasteiger partial charge < -0.3 is 9.52 Å². The number of hydrogen-bond acceptors (Lipinski definition) is 5. The number of carboxylic acid groups (broad SMARTS) is 1. The lowest BCUT2D eigenvalue weighted by atomic mass is 10.4. The number of sulfonamides is 1. The lowest BCUT2D eigenvalue weighted by molar-refractivity contribution is 0.0686. The third-order valence-electron chi connectivity index (χ3n) is 2.38. The molecule has 0 atom stereocenters. The van der Waals surface area contributed by atoms with Crippen molar-refractivity contribution in [3.8, 4) is 0 Å². The highest BCUT2D eigenvalue weighted by molar-refractivity contribution is 7.89. The van der Waals surface area contributed by atoms with Gasteiger partial charge in [-0.25, -0.2) is 17.9 Å². The van der Waals surface area contributed by atoms with Gasteiger partial charge >= 0.3 is 5.97 Å². The molecular weight excluding hydrogens is 274 g/mol. The van der Waals surface area contributed by atoms with Crippen LogP contribution in [0.2, 0.25) is 0 Å². The second kappa shape index (κ2) is 4.86. The van der Waals surface area contributed by atoms with Crippen LogP contribution in [-0.2, 0) is 16.6 Å². The van der Waals surface area contributed by atoms with Gasteiger partial charge in [0.05, 0.1) is 18.5 Å². The molecule has 0 aliphatic carbocycles. The molecule has 0 aliphatic heterocycles. The Kier molecular flexibility index (Phi) is 3.40. The van der Waals surface area contributed by atoms with E-state index >= 15 is 0 Å². The number of aryl methyl sites for hydroxylation is 1. The molecule has 9 heteroatoms. The van der Waals surface area contributed by atoms with Crippen LogP contribution < -0.4 is 4.72 Å². The fraction of sp³-hybridized carbons (Fsp3) is 0.200. The van der Waals surface area contributed by atoms with Crippen molar-refractivity contribution in [3.63, 3.8) is 0 Å². The van der Waals surface area contributed by atoms with Gasteiger partial charge in [-0.3, -0.25) is 5.10 Å². The fourth-order valence-electron chi connectivity index (χ4n) is 1.54. The topological polar surface area (TPSA) is 125 Å². The average Bonchev–Trinajstić information content (AvgIpc) is 2.95. The average molecular weight is 285 g/mol. The molecule has 8 nitrogen and oxygen atoms in total. The molecule has 0 unspecified atom stereocenters. The van der Waals surface area contributed by atoms with Crippen LogP contribution in [0.4, 0.5) is 0 Å². The van der Waals surface area contributed by atoms with E-state index in [0.717, 1.165) is 0 Å². The molecular formula is C10H11N3O5S. The maximum atomic E-state index is 12.1. The van der Waals surface area contributed by atoms with Crippen LogP contribution in [-0.4, -0.2) is 29.7 Å². The molecule has 3 N–H and O–H groups in total. The van der Waals surface area contributed by atoms with Gasteiger partial charge in [0.1, 0.15) is 10.7 Å². The van der Waals surface area contributed by atoms with Gasteiger partial charge in [0.25, 0.3) is 0 Å². The Morgan fingerprint density at radius 1 is 1.58 bits per heavy atom. The normalized spacial score (nSPS) is 11.6. The summed E-state index contributed by atoms with van der Waals surface area (Å²) in [6.45, 7) is 1.36. The molecule has 102 valence electrons. The monoisotopic (exact) mass is 285 g/mol. The van der Waals surface area contributed by atoms with Gasteiger partial charge in [-0.2, -0.15) is 5.10 Å². The fourth-order valence-corrected chi connectivity index (χ4v) is 2.86. The number of nitrogens with zero attached hydrogens (tertiary/aromatic N) is 1. The molecule has 0 amide bonds. The highest BCUT2D eigenvalue weighted by Crippen LogP contribution is 2.17. The molecule has 0 bridgehead atoms. The van der Waals surface area contributed by atoms with Gasteiger partial charge in [-0.05, 0) is 19.1 Å². The summed E-state index contributed by atoms with van der Waals surface area (Å²) in [7, 11) is -3.98. The van der Waals surface area contributed by atoms with Crippen molar-refractivity contribution in [2.24, 2.45) is 0 Å². The number of hydrogen-bond donors (Lipinski definition) is 3. The van der Waals surface area contributed by atoms with Crippen LogP contribution in [0.15, 0.2) is 27.7 Å². The van der Waals surface area contributed by atoms with E-state index in [9.17, 15) is 13.2 Å². The Bertz CT molecular complexity index is 687. The largest absolute Gasteiger partial charge is 0.476 e. The second-order valence-electron chi connectivity index (χ2n) is 3.74. The Balaban J connectivity index is 2.29. The molecule has 2 heterocycles. The summed E-state index contributed by atoms with van der Waals surface area (Å²) < 4.78 is 31.4. The lowest BCUT2D eigenvalue weighted by Gasteiger charge is -2.05. The standard InChI is InChI=1S/C10H11N3O5S/c1-6-9(8(10(14)15)13-12-6)19(16,17)11-5-7-3-2-4-18-7/h2-4,11H,5H2,1H3,(H,12,13)(H,14,15). The predicted molar refractivity (Wildman–Crippen MR) is 63.0 cm³/mol. The summed E-state index contributed by atoms with van der Waals surface area (Å²) in [5.41, 5.74) is -0.381. The van der Waals surface area contributed by atoms with E-state index in [1.807, 2.05) is 0 Å². The lowest BCUT2D eigenvalue weighted by Crippen LogP contribution is -2.25. The van der Waals surface area contributed by atoms with Gasteiger partial charge in [0.15, 0.2) is 5.69 Å². The Morgan fingerprint density at radius 3 is 2.89 bits per heavy atom. The van der Waals surface area contributed by atoms with E-state index in [0.29, 0.717) is 5.76 Å². The Hall–Kier alpha value is -2.13. The number of H-pyrrole nitrogens is 1.